The van der Waals surface area contributed by atoms with Crippen LogP contribution in [0.25, 0.3) is 0 Å². The van der Waals surface area contributed by atoms with E-state index in [0.717, 1.165) is 10.9 Å². The molecule has 0 aromatic heterocycles. The van der Waals surface area contributed by atoms with Gasteiger partial charge in [0.2, 0.25) is 0 Å². The van der Waals surface area contributed by atoms with E-state index in [9.17, 15) is 4.57 Å². The first kappa shape index (κ1) is 11.4. The van der Waals surface area contributed by atoms with Crippen molar-refractivity contribution >= 4 is 24.7 Å². The molecule has 2 aromatic carbocycles. The first-order valence-electron chi connectivity index (χ1n) is 5.09. The Morgan fingerprint density at radius 3 is 2.25 bits per heavy atom. The van der Waals surface area contributed by atoms with Crippen LogP contribution in [0, 0.1) is 0 Å². The van der Waals surface area contributed by atoms with Gasteiger partial charge in [0, 0.05) is 11.5 Å². The lowest BCUT2D eigenvalue weighted by atomic mass is 10.2. The molecule has 16 heavy (non-hydrogen) atoms. The van der Waals surface area contributed by atoms with Crippen LogP contribution >= 0.6 is 19.4 Å². The summed E-state index contributed by atoms with van der Waals surface area (Å²) >= 11 is 6.01. The van der Waals surface area contributed by atoms with E-state index in [4.69, 9.17) is 11.6 Å². The van der Waals surface area contributed by atoms with Crippen molar-refractivity contribution in [2.75, 3.05) is 0 Å². The Labute approximate surface area is 101 Å². The summed E-state index contributed by atoms with van der Waals surface area (Å²) in [7, 11) is -1.83. The molecule has 82 valence electrons. The largest absolute Gasteiger partial charge is 0.322 e. The highest BCUT2D eigenvalue weighted by Gasteiger charge is 2.07. The molecule has 2 rings (SSSR count). The zero-order chi connectivity index (χ0) is 11.4. The number of benzene rings is 2. The van der Waals surface area contributed by atoms with E-state index in [1.165, 1.54) is 0 Å². The van der Waals surface area contributed by atoms with E-state index in [2.05, 4.69) is 0 Å². The fourth-order valence-electron chi connectivity index (χ4n) is 1.56. The van der Waals surface area contributed by atoms with Crippen LogP contribution in [0.15, 0.2) is 54.6 Å². The van der Waals surface area contributed by atoms with Gasteiger partial charge in [-0.05, 0) is 11.6 Å². The van der Waals surface area contributed by atoms with Gasteiger partial charge in [-0.15, -0.1) is 0 Å². The van der Waals surface area contributed by atoms with Gasteiger partial charge in [0.15, 0.2) is 0 Å². The summed E-state index contributed by atoms with van der Waals surface area (Å²) in [5.41, 5.74) is 1.09. The summed E-state index contributed by atoms with van der Waals surface area (Å²) < 4.78 is 12.1. The molecule has 0 saturated carbocycles. The Bertz CT molecular complexity index is 496. The first-order chi connectivity index (χ1) is 7.77. The number of hydrogen-bond donors (Lipinski definition) is 0. The van der Waals surface area contributed by atoms with Crippen molar-refractivity contribution in [2.24, 2.45) is 0 Å². The fourth-order valence-corrected chi connectivity index (χ4v) is 3.44. The Hall–Kier alpha value is -1.04. The molecule has 0 bridgehead atoms. The van der Waals surface area contributed by atoms with Crippen LogP contribution in [-0.2, 0) is 10.7 Å². The van der Waals surface area contributed by atoms with Gasteiger partial charge < -0.3 is 4.57 Å². The minimum Gasteiger partial charge on any atom is -0.322 e. The van der Waals surface area contributed by atoms with Crippen molar-refractivity contribution in [3.8, 4) is 0 Å². The maximum absolute atomic E-state index is 12.1. The second-order valence-corrected chi connectivity index (χ2v) is 5.71. The highest BCUT2D eigenvalue weighted by molar-refractivity contribution is 7.53. The monoisotopic (exact) mass is 250 g/mol. The third kappa shape index (κ3) is 2.75. The van der Waals surface area contributed by atoms with Crippen LogP contribution in [0.2, 0.25) is 5.02 Å². The minimum absolute atomic E-state index is 0.579. The predicted molar refractivity (Wildman–Crippen MR) is 70.2 cm³/mol. The second-order valence-electron chi connectivity index (χ2n) is 3.57. The van der Waals surface area contributed by atoms with Gasteiger partial charge in [-0.3, -0.25) is 0 Å². The van der Waals surface area contributed by atoms with Crippen molar-refractivity contribution in [3.05, 3.63) is 65.2 Å². The summed E-state index contributed by atoms with van der Waals surface area (Å²) in [6.07, 6.45) is 0.579. The van der Waals surface area contributed by atoms with Crippen LogP contribution < -0.4 is 5.30 Å². The van der Waals surface area contributed by atoms with Crippen LogP contribution in [0.4, 0.5) is 0 Å². The molecular weight excluding hydrogens is 239 g/mol. The molecule has 0 amide bonds. The van der Waals surface area contributed by atoms with Crippen LogP contribution in [0.1, 0.15) is 5.56 Å². The van der Waals surface area contributed by atoms with Gasteiger partial charge in [0.05, 0.1) is 5.02 Å². The molecule has 0 aliphatic rings. The lowest BCUT2D eigenvalue weighted by molar-refractivity contribution is 0.592. The molecule has 0 saturated heterocycles. The fraction of sp³-hybridized carbons (Fsp3) is 0.0769. The van der Waals surface area contributed by atoms with Crippen molar-refractivity contribution < 1.29 is 4.57 Å². The summed E-state index contributed by atoms with van der Waals surface area (Å²) in [5, 5.41) is 1.38. The summed E-state index contributed by atoms with van der Waals surface area (Å²) in [6, 6.07) is 17.2. The quantitative estimate of drug-likeness (QED) is 0.759. The lowest BCUT2D eigenvalue weighted by Crippen LogP contribution is -1.98. The summed E-state index contributed by atoms with van der Waals surface area (Å²) in [5.74, 6) is 0. The van der Waals surface area contributed by atoms with Gasteiger partial charge >= 0.3 is 0 Å². The predicted octanol–water partition coefficient (Wildman–Crippen LogP) is 3.73. The topological polar surface area (TPSA) is 17.1 Å². The molecule has 0 spiro atoms. The molecular formula is C13H12ClOP. The SMILES string of the molecule is O=[PH](Cc1ccccc1)c1ccccc1Cl. The van der Waals surface area contributed by atoms with Crippen molar-refractivity contribution in [1.29, 1.82) is 0 Å². The number of rotatable bonds is 3. The van der Waals surface area contributed by atoms with Crippen LogP contribution in [0.5, 0.6) is 0 Å². The van der Waals surface area contributed by atoms with Gasteiger partial charge in [-0.2, -0.15) is 0 Å². The molecule has 3 heteroatoms. The van der Waals surface area contributed by atoms with Gasteiger partial charge in [0.25, 0.3) is 0 Å². The van der Waals surface area contributed by atoms with E-state index in [1.807, 2.05) is 48.5 Å². The van der Waals surface area contributed by atoms with Gasteiger partial charge in [-0.25, -0.2) is 0 Å². The van der Waals surface area contributed by atoms with Crippen molar-refractivity contribution in [3.63, 3.8) is 0 Å². The van der Waals surface area contributed by atoms with Crippen LogP contribution in [-0.4, -0.2) is 0 Å². The van der Waals surface area contributed by atoms with Gasteiger partial charge in [0.1, 0.15) is 7.80 Å². The molecule has 0 aliphatic carbocycles. The van der Waals surface area contributed by atoms with E-state index in [1.54, 1.807) is 6.07 Å². The standard InChI is InChI=1S/C13H12ClOP/c14-12-8-4-5-9-13(12)16(15)10-11-6-2-1-3-7-11/h1-9,16H,10H2. The van der Waals surface area contributed by atoms with Gasteiger partial charge in [-0.1, -0.05) is 60.1 Å². The Morgan fingerprint density at radius 1 is 0.938 bits per heavy atom. The zero-order valence-electron chi connectivity index (χ0n) is 8.69. The van der Waals surface area contributed by atoms with Crippen molar-refractivity contribution in [1.82, 2.24) is 0 Å². The summed E-state index contributed by atoms with van der Waals surface area (Å²) in [6.45, 7) is 0. The van der Waals surface area contributed by atoms with E-state index < -0.39 is 7.80 Å². The van der Waals surface area contributed by atoms with E-state index in [-0.39, 0.29) is 0 Å². The molecule has 0 N–H and O–H groups in total. The zero-order valence-corrected chi connectivity index (χ0v) is 10.4. The average Bonchev–Trinajstić information content (AvgIpc) is 2.31. The third-order valence-corrected chi connectivity index (χ3v) is 4.64. The Kier molecular flexibility index (Phi) is 3.82. The molecule has 1 unspecified atom stereocenters. The molecule has 2 aromatic rings. The Balaban J connectivity index is 2.19. The Morgan fingerprint density at radius 2 is 1.56 bits per heavy atom. The molecule has 0 radical (unpaired) electrons. The van der Waals surface area contributed by atoms with E-state index >= 15 is 0 Å². The maximum Gasteiger partial charge on any atom is 0.109 e. The first-order valence-corrected chi connectivity index (χ1v) is 7.08. The number of hydrogen-bond acceptors (Lipinski definition) is 1. The normalized spacial score (nSPS) is 12.3. The molecule has 0 heterocycles. The highest BCUT2D eigenvalue weighted by Crippen LogP contribution is 2.29. The minimum atomic E-state index is -1.83. The lowest BCUT2D eigenvalue weighted by Gasteiger charge is -2.04. The molecule has 0 fully saturated rings. The maximum atomic E-state index is 12.1. The third-order valence-electron chi connectivity index (χ3n) is 2.38. The van der Waals surface area contributed by atoms with Crippen molar-refractivity contribution in [2.45, 2.75) is 6.16 Å². The second kappa shape index (κ2) is 5.34. The molecule has 1 nitrogen and oxygen atoms in total. The highest BCUT2D eigenvalue weighted by atomic mass is 35.5. The smallest absolute Gasteiger partial charge is 0.109 e. The number of halogens is 1. The average molecular weight is 251 g/mol. The molecule has 1 atom stereocenters. The van der Waals surface area contributed by atoms with Crippen LogP contribution in [0.3, 0.4) is 0 Å². The molecule has 0 aliphatic heterocycles. The van der Waals surface area contributed by atoms with E-state index in [0.29, 0.717) is 11.2 Å². The summed E-state index contributed by atoms with van der Waals surface area (Å²) in [4.78, 5) is 0.